The molecule has 2 bridgehead atoms. The van der Waals surface area contributed by atoms with Gasteiger partial charge in [-0.2, -0.15) is 13.9 Å². The lowest BCUT2D eigenvalue weighted by atomic mass is 9.89. The number of halogens is 2. The second-order valence-electron chi connectivity index (χ2n) is 9.52. The van der Waals surface area contributed by atoms with E-state index in [4.69, 9.17) is 19.6 Å². The Hall–Kier alpha value is -4.03. The van der Waals surface area contributed by atoms with Gasteiger partial charge in [-0.25, -0.2) is 19.5 Å². The van der Waals surface area contributed by atoms with Crippen LogP contribution in [0.15, 0.2) is 42.9 Å². The molecule has 3 aromatic heterocycles. The number of ether oxygens (including phenoxy) is 2. The van der Waals surface area contributed by atoms with Crippen LogP contribution in [0.4, 0.5) is 8.78 Å². The number of benzene rings is 1. The summed E-state index contributed by atoms with van der Waals surface area (Å²) in [4.78, 5) is 28.3. The zero-order valence-corrected chi connectivity index (χ0v) is 19.5. The first-order valence-electron chi connectivity index (χ1n) is 11.7. The van der Waals surface area contributed by atoms with Crippen LogP contribution in [-0.4, -0.2) is 67.4 Å². The quantitative estimate of drug-likeness (QED) is 0.449. The summed E-state index contributed by atoms with van der Waals surface area (Å²) in [6.07, 6.45) is 5.42. The molecule has 0 radical (unpaired) electrons. The fourth-order valence-electron chi connectivity index (χ4n) is 5.51. The third kappa shape index (κ3) is 3.18. The minimum Gasteiger partial charge on any atom is -0.434 e. The summed E-state index contributed by atoms with van der Waals surface area (Å²) in [7, 11) is 1.69. The van der Waals surface area contributed by atoms with Gasteiger partial charge >= 0.3 is 6.61 Å². The molecular weight excluding hydrogens is 486 g/mol. The Labute approximate surface area is 208 Å². The largest absolute Gasteiger partial charge is 0.434 e. The number of carbonyl (C=O) groups excluding carboxylic acids is 1. The molecule has 4 aromatic rings. The number of aromatic nitrogens is 5. The van der Waals surface area contributed by atoms with E-state index in [2.05, 4.69) is 9.97 Å². The van der Waals surface area contributed by atoms with Gasteiger partial charge in [0.2, 0.25) is 0 Å². The van der Waals surface area contributed by atoms with Crippen molar-refractivity contribution in [2.45, 2.75) is 30.6 Å². The molecular formula is C25H20F2N6O4. The number of hydrogen-bond donors (Lipinski definition) is 1. The van der Waals surface area contributed by atoms with Crippen LogP contribution in [0.3, 0.4) is 0 Å². The molecule has 0 saturated carbocycles. The van der Waals surface area contributed by atoms with E-state index < -0.39 is 18.1 Å². The predicted molar refractivity (Wildman–Crippen MR) is 123 cm³/mol. The second kappa shape index (κ2) is 7.73. The summed E-state index contributed by atoms with van der Waals surface area (Å²) < 4.78 is 38.1. The maximum absolute atomic E-state index is 13.3. The lowest BCUT2D eigenvalue weighted by Crippen LogP contribution is -2.47. The molecule has 1 aromatic carbocycles. The molecule has 2 unspecified atom stereocenters. The molecule has 1 amide bonds. The van der Waals surface area contributed by atoms with Crippen LogP contribution in [0.1, 0.15) is 51.4 Å². The van der Waals surface area contributed by atoms with E-state index >= 15 is 0 Å². The van der Waals surface area contributed by atoms with Crippen molar-refractivity contribution in [3.63, 3.8) is 0 Å². The van der Waals surface area contributed by atoms with E-state index in [1.165, 1.54) is 6.07 Å². The highest BCUT2D eigenvalue weighted by atomic mass is 19.3. The Balaban J connectivity index is 1.37. The maximum atomic E-state index is 13.3. The molecule has 1 saturated heterocycles. The molecule has 2 atom stereocenters. The summed E-state index contributed by atoms with van der Waals surface area (Å²) in [6, 6.07) is 6.08. The standard InChI is InChI=1S/C25H20F2N6O4/c1-32-16-7-14(18-13(22(32)34)3-2-4-17(18)37-24(26)27)19-20(16)31-33-6-5-15(30-21(19)33)12-8-28-23(29-9-12)25(35)10-36-11-25/h2-6,8-9,14,16,24,35H,7,10-11H2,1H3. The number of carbonyl (C=O) groups is 1. The topological polar surface area (TPSA) is 115 Å². The lowest BCUT2D eigenvalue weighted by Gasteiger charge is -2.34. The number of rotatable bonds is 4. The number of amides is 1. The van der Waals surface area contributed by atoms with Gasteiger partial charge in [0.1, 0.15) is 5.75 Å². The van der Waals surface area contributed by atoms with Crippen molar-refractivity contribution >= 4 is 11.6 Å². The average Bonchev–Trinajstić information content (AvgIpc) is 3.40. The fraction of sp³-hybridized carbons (Fsp3) is 0.320. The van der Waals surface area contributed by atoms with E-state index in [1.807, 2.05) is 0 Å². The second-order valence-corrected chi connectivity index (χ2v) is 9.52. The highest BCUT2D eigenvalue weighted by molar-refractivity contribution is 5.98. The van der Waals surface area contributed by atoms with Gasteiger partial charge in [0.25, 0.3) is 5.91 Å². The Morgan fingerprint density at radius 1 is 1.19 bits per heavy atom. The molecule has 2 aliphatic heterocycles. The van der Waals surface area contributed by atoms with E-state index in [1.54, 1.807) is 53.3 Å². The van der Waals surface area contributed by atoms with Gasteiger partial charge in [0.05, 0.1) is 30.6 Å². The van der Waals surface area contributed by atoms with Gasteiger partial charge < -0.3 is 19.5 Å². The minimum absolute atomic E-state index is 0.0230. The summed E-state index contributed by atoms with van der Waals surface area (Å²) in [5.41, 5.74) is 2.81. The summed E-state index contributed by atoms with van der Waals surface area (Å²) >= 11 is 0. The molecule has 3 aliphatic rings. The third-order valence-corrected chi connectivity index (χ3v) is 7.37. The van der Waals surface area contributed by atoms with E-state index in [9.17, 15) is 18.7 Å². The van der Waals surface area contributed by atoms with Crippen molar-refractivity contribution in [3.05, 3.63) is 71.1 Å². The predicted octanol–water partition coefficient (Wildman–Crippen LogP) is 2.67. The van der Waals surface area contributed by atoms with Crippen molar-refractivity contribution in [2.75, 3.05) is 20.3 Å². The first kappa shape index (κ1) is 22.2. The van der Waals surface area contributed by atoms with Crippen LogP contribution >= 0.6 is 0 Å². The Kier molecular flexibility index (Phi) is 4.64. The molecule has 37 heavy (non-hydrogen) atoms. The molecule has 1 fully saturated rings. The van der Waals surface area contributed by atoms with Crippen molar-refractivity contribution < 1.29 is 28.2 Å². The number of nitrogens with zero attached hydrogens (tertiary/aromatic N) is 6. The van der Waals surface area contributed by atoms with Gasteiger partial charge in [-0.1, -0.05) is 6.07 Å². The summed E-state index contributed by atoms with van der Waals surface area (Å²) in [5.74, 6) is -0.417. The zero-order valence-electron chi connectivity index (χ0n) is 19.5. The summed E-state index contributed by atoms with van der Waals surface area (Å²) in [6.45, 7) is -2.73. The van der Waals surface area contributed by atoms with Crippen molar-refractivity contribution in [1.29, 1.82) is 0 Å². The number of hydrogen-bond acceptors (Lipinski definition) is 8. The van der Waals surface area contributed by atoms with E-state index in [0.717, 1.165) is 5.56 Å². The van der Waals surface area contributed by atoms with Gasteiger partial charge in [0, 0.05) is 53.8 Å². The van der Waals surface area contributed by atoms with Crippen LogP contribution in [0.25, 0.3) is 16.9 Å². The van der Waals surface area contributed by atoms with E-state index in [0.29, 0.717) is 40.1 Å². The molecule has 10 nitrogen and oxygen atoms in total. The highest BCUT2D eigenvalue weighted by Crippen LogP contribution is 2.53. The average molecular weight is 506 g/mol. The monoisotopic (exact) mass is 506 g/mol. The lowest BCUT2D eigenvalue weighted by molar-refractivity contribution is -0.189. The molecule has 1 aliphatic carbocycles. The van der Waals surface area contributed by atoms with Gasteiger partial charge in [-0.3, -0.25) is 4.79 Å². The highest BCUT2D eigenvalue weighted by Gasteiger charge is 2.46. The summed E-state index contributed by atoms with van der Waals surface area (Å²) in [5, 5.41) is 15.1. The smallest absolute Gasteiger partial charge is 0.387 e. The number of alkyl halides is 2. The first-order chi connectivity index (χ1) is 17.8. The number of fused-ring (bicyclic) bond motifs is 9. The molecule has 7 rings (SSSR count). The van der Waals surface area contributed by atoms with Gasteiger partial charge in [-0.05, 0) is 24.6 Å². The van der Waals surface area contributed by atoms with Crippen LogP contribution in [0, 0.1) is 0 Å². The van der Waals surface area contributed by atoms with E-state index in [-0.39, 0.29) is 36.7 Å². The zero-order chi connectivity index (χ0) is 25.5. The molecule has 1 N–H and O–H groups in total. The van der Waals surface area contributed by atoms with Crippen molar-refractivity contribution in [2.24, 2.45) is 0 Å². The Morgan fingerprint density at radius 2 is 1.97 bits per heavy atom. The SMILES string of the molecule is CN1C(=O)c2cccc(OC(F)F)c2C2CC1c1nn3ccc(-c4cnc(C5(O)COC5)nc4)nc3c12. The normalized spacial score (nSPS) is 21.5. The number of aliphatic hydroxyl groups is 1. The van der Waals surface area contributed by atoms with Crippen molar-refractivity contribution in [1.82, 2.24) is 29.5 Å². The van der Waals surface area contributed by atoms with Crippen molar-refractivity contribution in [3.8, 4) is 17.0 Å². The van der Waals surface area contributed by atoms with Crippen LogP contribution < -0.4 is 4.74 Å². The molecule has 12 heteroatoms. The van der Waals surface area contributed by atoms with Gasteiger partial charge in [-0.15, -0.1) is 0 Å². The Bertz CT molecular complexity index is 1570. The third-order valence-electron chi connectivity index (χ3n) is 7.37. The molecule has 5 heterocycles. The van der Waals surface area contributed by atoms with Crippen LogP contribution in [-0.2, 0) is 10.3 Å². The fourth-order valence-corrected chi connectivity index (χ4v) is 5.51. The molecule has 0 spiro atoms. The Morgan fingerprint density at radius 3 is 2.68 bits per heavy atom. The molecule has 188 valence electrons. The van der Waals surface area contributed by atoms with Gasteiger partial charge in [0.15, 0.2) is 17.1 Å². The van der Waals surface area contributed by atoms with Crippen LogP contribution in [0.5, 0.6) is 5.75 Å². The maximum Gasteiger partial charge on any atom is 0.387 e. The van der Waals surface area contributed by atoms with Crippen LogP contribution in [0.2, 0.25) is 0 Å². The first-order valence-corrected chi connectivity index (χ1v) is 11.7. The minimum atomic E-state index is -3.03.